The first-order chi connectivity index (χ1) is 8.25. The molecule has 2 N–H and O–H groups in total. The molecular formula is C10H10FNO6. The molecule has 0 aliphatic rings. The lowest BCUT2D eigenvalue weighted by Crippen LogP contribution is -2.41. The predicted octanol–water partition coefficient (Wildman–Crippen LogP) is 0.948. The van der Waals surface area contributed by atoms with E-state index in [1.807, 2.05) is 0 Å². The Morgan fingerprint density at radius 2 is 2.22 bits per heavy atom. The minimum atomic E-state index is -2.27. The molecule has 0 fully saturated rings. The SMILES string of the molecule is CC(O)(COc1c(F)cccc1[N+](=O)[O-])C(=O)O. The third-order valence-corrected chi connectivity index (χ3v) is 2.10. The molecule has 1 aromatic rings. The molecule has 0 aliphatic carbocycles. The summed E-state index contributed by atoms with van der Waals surface area (Å²) in [5.74, 6) is -3.30. The Balaban J connectivity index is 2.98. The third kappa shape index (κ3) is 2.92. The van der Waals surface area contributed by atoms with Gasteiger partial charge in [0.25, 0.3) is 0 Å². The molecule has 18 heavy (non-hydrogen) atoms. The minimum absolute atomic E-state index is 0.642. The van der Waals surface area contributed by atoms with Gasteiger partial charge in [-0.15, -0.1) is 0 Å². The fourth-order valence-electron chi connectivity index (χ4n) is 1.06. The van der Waals surface area contributed by atoms with E-state index in [0.29, 0.717) is 0 Å². The predicted molar refractivity (Wildman–Crippen MR) is 56.8 cm³/mol. The number of aliphatic hydroxyl groups is 1. The van der Waals surface area contributed by atoms with E-state index < -0.39 is 40.4 Å². The van der Waals surface area contributed by atoms with Crippen molar-refractivity contribution in [3.63, 3.8) is 0 Å². The first-order valence-corrected chi connectivity index (χ1v) is 4.77. The molecule has 7 nitrogen and oxygen atoms in total. The highest BCUT2D eigenvalue weighted by Crippen LogP contribution is 2.30. The molecular weight excluding hydrogens is 249 g/mol. The van der Waals surface area contributed by atoms with E-state index in [4.69, 9.17) is 9.84 Å². The van der Waals surface area contributed by atoms with Crippen LogP contribution in [0.3, 0.4) is 0 Å². The van der Waals surface area contributed by atoms with Gasteiger partial charge in [-0.25, -0.2) is 9.18 Å². The maximum atomic E-state index is 13.3. The largest absolute Gasteiger partial charge is 0.481 e. The molecule has 0 amide bonds. The summed E-state index contributed by atoms with van der Waals surface area (Å²) in [7, 11) is 0. The Kier molecular flexibility index (Phi) is 3.82. The maximum absolute atomic E-state index is 13.3. The highest BCUT2D eigenvalue weighted by molar-refractivity contribution is 5.76. The first kappa shape index (κ1) is 13.8. The Hall–Kier alpha value is -2.22. The fraction of sp³-hybridized carbons (Fsp3) is 0.300. The van der Waals surface area contributed by atoms with E-state index in [2.05, 4.69) is 0 Å². The second-order valence-electron chi connectivity index (χ2n) is 3.71. The number of carboxylic acid groups (broad SMARTS) is 1. The summed E-state index contributed by atoms with van der Waals surface area (Å²) in [6.07, 6.45) is 0. The molecule has 0 saturated carbocycles. The molecule has 0 aliphatic heterocycles. The maximum Gasteiger partial charge on any atom is 0.339 e. The van der Waals surface area contributed by atoms with Gasteiger partial charge in [-0.3, -0.25) is 10.1 Å². The fourth-order valence-corrected chi connectivity index (χ4v) is 1.06. The van der Waals surface area contributed by atoms with Crippen molar-refractivity contribution in [3.05, 3.63) is 34.1 Å². The smallest absolute Gasteiger partial charge is 0.339 e. The van der Waals surface area contributed by atoms with E-state index in [-0.39, 0.29) is 0 Å². The van der Waals surface area contributed by atoms with Crippen LogP contribution in [0.15, 0.2) is 18.2 Å². The van der Waals surface area contributed by atoms with Crippen LogP contribution in [0.5, 0.6) is 5.75 Å². The number of carboxylic acids is 1. The second kappa shape index (κ2) is 4.96. The molecule has 8 heteroatoms. The van der Waals surface area contributed by atoms with E-state index in [9.17, 15) is 24.4 Å². The number of hydrogen-bond acceptors (Lipinski definition) is 5. The number of nitrogens with zero attached hydrogens (tertiary/aromatic N) is 1. The standard InChI is InChI=1S/C10H10FNO6/c1-10(15,9(13)14)5-18-8-6(11)3-2-4-7(8)12(16)17/h2-4,15H,5H2,1H3,(H,13,14). The quantitative estimate of drug-likeness (QED) is 0.601. The van der Waals surface area contributed by atoms with Crippen molar-refractivity contribution in [2.45, 2.75) is 12.5 Å². The van der Waals surface area contributed by atoms with Gasteiger partial charge in [0, 0.05) is 6.07 Å². The van der Waals surface area contributed by atoms with Gasteiger partial charge in [0.15, 0.2) is 11.4 Å². The zero-order valence-corrected chi connectivity index (χ0v) is 9.29. The lowest BCUT2D eigenvalue weighted by Gasteiger charge is -2.18. The monoisotopic (exact) mass is 259 g/mol. The van der Waals surface area contributed by atoms with Gasteiger partial charge in [-0.05, 0) is 13.0 Å². The number of carbonyl (C=O) groups is 1. The number of nitro groups is 1. The van der Waals surface area contributed by atoms with E-state index in [1.165, 1.54) is 0 Å². The van der Waals surface area contributed by atoms with Gasteiger partial charge in [0.05, 0.1) is 4.92 Å². The number of rotatable bonds is 5. The number of halogens is 1. The highest BCUT2D eigenvalue weighted by Gasteiger charge is 2.32. The van der Waals surface area contributed by atoms with Gasteiger partial charge >= 0.3 is 11.7 Å². The van der Waals surface area contributed by atoms with Gasteiger partial charge < -0.3 is 14.9 Å². The molecule has 0 heterocycles. The van der Waals surface area contributed by atoms with Crippen molar-refractivity contribution in [1.82, 2.24) is 0 Å². The average molecular weight is 259 g/mol. The summed E-state index contributed by atoms with van der Waals surface area (Å²) >= 11 is 0. The van der Waals surface area contributed by atoms with E-state index >= 15 is 0 Å². The van der Waals surface area contributed by atoms with Crippen molar-refractivity contribution in [2.75, 3.05) is 6.61 Å². The average Bonchev–Trinajstić information content (AvgIpc) is 2.26. The van der Waals surface area contributed by atoms with Crippen molar-refractivity contribution in [3.8, 4) is 5.75 Å². The Bertz CT molecular complexity index is 487. The summed E-state index contributed by atoms with van der Waals surface area (Å²) in [6, 6.07) is 3.06. The zero-order chi connectivity index (χ0) is 13.9. The summed E-state index contributed by atoms with van der Waals surface area (Å²) in [4.78, 5) is 20.3. The Morgan fingerprint density at radius 3 is 2.72 bits per heavy atom. The van der Waals surface area contributed by atoms with Gasteiger partial charge in [0.1, 0.15) is 6.61 Å². The molecule has 0 bridgehead atoms. The first-order valence-electron chi connectivity index (χ1n) is 4.77. The van der Waals surface area contributed by atoms with Crippen LogP contribution in [0.4, 0.5) is 10.1 Å². The zero-order valence-electron chi connectivity index (χ0n) is 9.29. The Morgan fingerprint density at radius 1 is 1.61 bits per heavy atom. The topological polar surface area (TPSA) is 110 Å². The number of ether oxygens (including phenoxy) is 1. The van der Waals surface area contributed by atoms with Crippen LogP contribution in [0.2, 0.25) is 0 Å². The summed E-state index contributed by atoms with van der Waals surface area (Å²) in [5.41, 5.74) is -2.91. The van der Waals surface area contributed by atoms with Crippen LogP contribution < -0.4 is 4.74 Å². The van der Waals surface area contributed by atoms with Crippen LogP contribution >= 0.6 is 0 Å². The van der Waals surface area contributed by atoms with Gasteiger partial charge in [0.2, 0.25) is 5.75 Å². The summed E-state index contributed by atoms with van der Waals surface area (Å²) in [5, 5.41) is 28.6. The molecule has 1 unspecified atom stereocenters. The summed E-state index contributed by atoms with van der Waals surface area (Å²) < 4.78 is 18.0. The van der Waals surface area contributed by atoms with Crippen LogP contribution in [-0.4, -0.2) is 33.3 Å². The van der Waals surface area contributed by atoms with E-state index in [0.717, 1.165) is 25.1 Å². The molecule has 1 rings (SSSR count). The van der Waals surface area contributed by atoms with Gasteiger partial charge in [-0.1, -0.05) is 6.07 Å². The third-order valence-electron chi connectivity index (χ3n) is 2.10. The lowest BCUT2D eigenvalue weighted by atomic mass is 10.1. The van der Waals surface area contributed by atoms with E-state index in [1.54, 1.807) is 0 Å². The molecule has 0 saturated heterocycles. The van der Waals surface area contributed by atoms with Crippen molar-refractivity contribution >= 4 is 11.7 Å². The number of para-hydroxylation sites is 1. The van der Waals surface area contributed by atoms with Gasteiger partial charge in [-0.2, -0.15) is 0 Å². The van der Waals surface area contributed by atoms with Crippen LogP contribution in [-0.2, 0) is 4.79 Å². The van der Waals surface area contributed by atoms with Crippen molar-refractivity contribution < 1.29 is 29.1 Å². The van der Waals surface area contributed by atoms with Crippen LogP contribution in [0.25, 0.3) is 0 Å². The second-order valence-corrected chi connectivity index (χ2v) is 3.71. The number of hydrogen-bond donors (Lipinski definition) is 2. The lowest BCUT2D eigenvalue weighted by molar-refractivity contribution is -0.386. The van der Waals surface area contributed by atoms with Crippen molar-refractivity contribution in [1.29, 1.82) is 0 Å². The van der Waals surface area contributed by atoms with Crippen molar-refractivity contribution in [2.24, 2.45) is 0 Å². The molecule has 1 aromatic carbocycles. The number of aliphatic carboxylic acids is 1. The van der Waals surface area contributed by atoms with Crippen LogP contribution in [0, 0.1) is 15.9 Å². The van der Waals surface area contributed by atoms with Crippen LogP contribution in [0.1, 0.15) is 6.92 Å². The number of nitro benzene ring substituents is 1. The molecule has 0 spiro atoms. The number of benzene rings is 1. The normalized spacial score (nSPS) is 13.7. The Labute approximate surface area is 101 Å². The molecule has 1 atom stereocenters. The summed E-state index contributed by atoms with van der Waals surface area (Å²) in [6.45, 7) is 0.117. The molecule has 0 radical (unpaired) electrons. The molecule has 0 aromatic heterocycles. The minimum Gasteiger partial charge on any atom is -0.481 e. The highest BCUT2D eigenvalue weighted by atomic mass is 19.1. The molecule has 98 valence electrons.